The van der Waals surface area contributed by atoms with Crippen molar-refractivity contribution in [3.63, 3.8) is 0 Å². The third kappa shape index (κ3) is 2.93. The second-order valence-corrected chi connectivity index (χ2v) is 4.51. The van der Waals surface area contributed by atoms with Gasteiger partial charge in [-0.25, -0.2) is 0 Å². The highest BCUT2D eigenvalue weighted by atomic mass is 79.9. The zero-order chi connectivity index (χ0) is 9.84. The van der Waals surface area contributed by atoms with Crippen LogP contribution in [-0.4, -0.2) is 0 Å². The second kappa shape index (κ2) is 4.94. The van der Waals surface area contributed by atoms with Crippen molar-refractivity contribution in [1.82, 2.24) is 0 Å². The Morgan fingerprint density at radius 1 is 1.38 bits per heavy atom. The molecule has 1 rings (SSSR count). The molecule has 70 valence electrons. The summed E-state index contributed by atoms with van der Waals surface area (Å²) >= 11 is 6.85. The number of benzene rings is 1. The molecule has 0 aliphatic heterocycles. The summed E-state index contributed by atoms with van der Waals surface area (Å²) in [6.07, 6.45) is 2.63. The molecule has 1 aromatic carbocycles. The minimum atomic E-state index is 0.0434. The molecule has 0 saturated heterocycles. The Balaban J connectivity index is 2.89. The van der Waals surface area contributed by atoms with Crippen molar-refractivity contribution < 1.29 is 0 Å². The minimum absolute atomic E-state index is 0.0434. The predicted molar refractivity (Wildman–Crippen MR) is 63.6 cm³/mol. The standard InChI is InChI=1S/C10H11Br2N/c1-2-3-10(13)7-4-5-8(11)9(12)6-7/h2,4-6,10H,1,3,13H2/t10-/m1/s1. The van der Waals surface area contributed by atoms with Crippen molar-refractivity contribution in [3.8, 4) is 0 Å². The van der Waals surface area contributed by atoms with Gasteiger partial charge in [-0.1, -0.05) is 12.1 Å². The molecule has 0 aliphatic carbocycles. The van der Waals surface area contributed by atoms with Crippen LogP contribution in [0.4, 0.5) is 0 Å². The molecule has 0 unspecified atom stereocenters. The maximum Gasteiger partial charge on any atom is 0.0330 e. The molecule has 2 N–H and O–H groups in total. The van der Waals surface area contributed by atoms with Gasteiger partial charge in [-0.05, 0) is 56.0 Å². The van der Waals surface area contributed by atoms with Crippen LogP contribution in [0, 0.1) is 0 Å². The largest absolute Gasteiger partial charge is 0.324 e. The molecule has 0 bridgehead atoms. The Labute approximate surface area is 95.3 Å². The fraction of sp³-hybridized carbons (Fsp3) is 0.200. The lowest BCUT2D eigenvalue weighted by Gasteiger charge is -2.10. The summed E-state index contributed by atoms with van der Waals surface area (Å²) in [4.78, 5) is 0. The topological polar surface area (TPSA) is 26.0 Å². The van der Waals surface area contributed by atoms with Crippen LogP contribution in [0.2, 0.25) is 0 Å². The SMILES string of the molecule is C=CC[C@@H](N)c1ccc(Br)c(Br)c1. The number of hydrogen-bond acceptors (Lipinski definition) is 1. The van der Waals surface area contributed by atoms with Gasteiger partial charge in [0.1, 0.15) is 0 Å². The van der Waals surface area contributed by atoms with Gasteiger partial charge < -0.3 is 5.73 Å². The third-order valence-electron chi connectivity index (χ3n) is 1.79. The highest BCUT2D eigenvalue weighted by Crippen LogP contribution is 2.26. The fourth-order valence-corrected chi connectivity index (χ4v) is 1.70. The van der Waals surface area contributed by atoms with E-state index in [1.54, 1.807) is 0 Å². The third-order valence-corrected chi connectivity index (χ3v) is 3.67. The molecule has 0 radical (unpaired) electrons. The van der Waals surface area contributed by atoms with Crippen molar-refractivity contribution in [2.45, 2.75) is 12.5 Å². The summed E-state index contributed by atoms with van der Waals surface area (Å²) in [5, 5.41) is 0. The molecule has 1 aromatic rings. The first kappa shape index (κ1) is 11.0. The maximum absolute atomic E-state index is 5.92. The summed E-state index contributed by atoms with van der Waals surface area (Å²) < 4.78 is 2.08. The number of halogens is 2. The van der Waals surface area contributed by atoms with Crippen LogP contribution in [0.15, 0.2) is 39.8 Å². The van der Waals surface area contributed by atoms with Crippen LogP contribution in [0.1, 0.15) is 18.0 Å². The summed E-state index contributed by atoms with van der Waals surface area (Å²) in [7, 11) is 0. The van der Waals surface area contributed by atoms with Crippen LogP contribution < -0.4 is 5.73 Å². The molecule has 0 saturated carbocycles. The van der Waals surface area contributed by atoms with Crippen LogP contribution in [-0.2, 0) is 0 Å². The van der Waals surface area contributed by atoms with E-state index in [1.165, 1.54) is 0 Å². The lowest BCUT2D eigenvalue weighted by Crippen LogP contribution is -2.08. The lowest BCUT2D eigenvalue weighted by molar-refractivity contribution is 0.741. The van der Waals surface area contributed by atoms with E-state index in [2.05, 4.69) is 38.4 Å². The zero-order valence-electron chi connectivity index (χ0n) is 7.13. The average Bonchev–Trinajstić information content (AvgIpc) is 2.10. The molecule has 0 amide bonds. The van der Waals surface area contributed by atoms with Crippen molar-refractivity contribution >= 4 is 31.9 Å². The van der Waals surface area contributed by atoms with Gasteiger partial charge >= 0.3 is 0 Å². The Kier molecular flexibility index (Phi) is 4.16. The minimum Gasteiger partial charge on any atom is -0.324 e. The summed E-state index contributed by atoms with van der Waals surface area (Å²) in [6, 6.07) is 6.07. The molecule has 3 heteroatoms. The predicted octanol–water partition coefficient (Wildman–Crippen LogP) is 3.79. The summed E-state index contributed by atoms with van der Waals surface area (Å²) in [5.74, 6) is 0. The van der Waals surface area contributed by atoms with E-state index in [0.29, 0.717) is 0 Å². The summed E-state index contributed by atoms with van der Waals surface area (Å²) in [5.41, 5.74) is 7.04. The van der Waals surface area contributed by atoms with E-state index in [1.807, 2.05) is 24.3 Å². The fourth-order valence-electron chi connectivity index (χ4n) is 1.06. The first-order chi connectivity index (χ1) is 6.15. The first-order valence-electron chi connectivity index (χ1n) is 3.96. The molecular weight excluding hydrogens is 294 g/mol. The van der Waals surface area contributed by atoms with Crippen LogP contribution in [0.25, 0.3) is 0 Å². The van der Waals surface area contributed by atoms with Crippen LogP contribution in [0.3, 0.4) is 0 Å². The van der Waals surface area contributed by atoms with Crippen molar-refractivity contribution in [1.29, 1.82) is 0 Å². The molecule has 0 spiro atoms. The van der Waals surface area contributed by atoms with Gasteiger partial charge in [-0.15, -0.1) is 6.58 Å². The van der Waals surface area contributed by atoms with E-state index in [9.17, 15) is 0 Å². The van der Waals surface area contributed by atoms with E-state index in [-0.39, 0.29) is 6.04 Å². The molecule has 0 fully saturated rings. The van der Waals surface area contributed by atoms with Gasteiger partial charge in [-0.2, -0.15) is 0 Å². The van der Waals surface area contributed by atoms with E-state index in [4.69, 9.17) is 5.73 Å². The molecule has 0 heterocycles. The Morgan fingerprint density at radius 3 is 2.62 bits per heavy atom. The Morgan fingerprint density at radius 2 is 2.08 bits per heavy atom. The van der Waals surface area contributed by atoms with Crippen LogP contribution in [0.5, 0.6) is 0 Å². The smallest absolute Gasteiger partial charge is 0.0330 e. The van der Waals surface area contributed by atoms with Crippen molar-refractivity contribution in [3.05, 3.63) is 45.4 Å². The van der Waals surface area contributed by atoms with Gasteiger partial charge in [0.15, 0.2) is 0 Å². The highest BCUT2D eigenvalue weighted by molar-refractivity contribution is 9.13. The lowest BCUT2D eigenvalue weighted by atomic mass is 10.1. The summed E-state index contributed by atoms with van der Waals surface area (Å²) in [6.45, 7) is 3.67. The van der Waals surface area contributed by atoms with Crippen molar-refractivity contribution in [2.75, 3.05) is 0 Å². The van der Waals surface area contributed by atoms with Gasteiger partial charge in [0.05, 0.1) is 0 Å². The van der Waals surface area contributed by atoms with Crippen LogP contribution >= 0.6 is 31.9 Å². The van der Waals surface area contributed by atoms with Gasteiger partial charge in [0, 0.05) is 15.0 Å². The Bertz CT molecular complexity index is 310. The molecule has 1 atom stereocenters. The van der Waals surface area contributed by atoms with Gasteiger partial charge in [-0.3, -0.25) is 0 Å². The molecule has 1 nitrogen and oxygen atoms in total. The van der Waals surface area contributed by atoms with E-state index in [0.717, 1.165) is 20.9 Å². The molecule has 0 aliphatic rings. The monoisotopic (exact) mass is 303 g/mol. The number of nitrogens with two attached hydrogens (primary N) is 1. The van der Waals surface area contributed by atoms with E-state index < -0.39 is 0 Å². The van der Waals surface area contributed by atoms with E-state index >= 15 is 0 Å². The normalized spacial score (nSPS) is 12.5. The maximum atomic E-state index is 5.92. The molecule has 0 aromatic heterocycles. The average molecular weight is 305 g/mol. The van der Waals surface area contributed by atoms with Gasteiger partial charge in [0.25, 0.3) is 0 Å². The highest BCUT2D eigenvalue weighted by Gasteiger charge is 2.05. The Hall–Kier alpha value is -0.120. The molecular formula is C10H11Br2N. The molecule has 13 heavy (non-hydrogen) atoms. The quantitative estimate of drug-likeness (QED) is 0.845. The number of rotatable bonds is 3. The van der Waals surface area contributed by atoms with Crippen molar-refractivity contribution in [2.24, 2.45) is 5.73 Å². The van der Waals surface area contributed by atoms with Gasteiger partial charge in [0.2, 0.25) is 0 Å². The number of hydrogen-bond donors (Lipinski definition) is 1. The first-order valence-corrected chi connectivity index (χ1v) is 5.55. The second-order valence-electron chi connectivity index (χ2n) is 2.80. The zero-order valence-corrected chi connectivity index (χ0v) is 10.3.